The molecule has 1 aliphatic carbocycles. The number of carboxylic acids is 1. The van der Waals surface area contributed by atoms with Crippen molar-refractivity contribution < 1.29 is 24.6 Å². The van der Waals surface area contributed by atoms with Crippen LogP contribution in [0.3, 0.4) is 0 Å². The van der Waals surface area contributed by atoms with E-state index in [1.807, 2.05) is 12.1 Å². The average molecular weight is 467 g/mol. The number of hydrogen-bond donors (Lipinski definition) is 4. The molecule has 1 fully saturated rings. The van der Waals surface area contributed by atoms with Crippen LogP contribution in [-0.4, -0.2) is 22.2 Å². The first-order valence-electron chi connectivity index (χ1n) is 10.7. The lowest BCUT2D eigenvalue weighted by Gasteiger charge is -2.15. The summed E-state index contributed by atoms with van der Waals surface area (Å²) in [5.41, 5.74) is 9.42. The van der Waals surface area contributed by atoms with Crippen LogP contribution in [0.15, 0.2) is 60.8 Å². The van der Waals surface area contributed by atoms with Gasteiger partial charge in [-0.2, -0.15) is 0 Å². The lowest BCUT2D eigenvalue weighted by atomic mass is 9.94. The molecule has 7 nitrogen and oxygen atoms in total. The largest absolute Gasteiger partial charge is 0.478 e. The Hall–Kier alpha value is -3.42. The van der Waals surface area contributed by atoms with Crippen molar-refractivity contribution in [1.29, 1.82) is 0 Å². The maximum atomic E-state index is 13.2. The third-order valence-corrected chi connectivity index (χ3v) is 6.14. The predicted octanol–water partition coefficient (Wildman–Crippen LogP) is 4.21. The highest BCUT2D eigenvalue weighted by molar-refractivity contribution is 6.30. The summed E-state index contributed by atoms with van der Waals surface area (Å²) in [5, 5.41) is 23.3. The molecule has 1 saturated carbocycles. The lowest BCUT2D eigenvalue weighted by molar-refractivity contribution is -0.909. The molecule has 0 aliphatic heterocycles. The molecule has 1 heterocycles. The Kier molecular flexibility index (Phi) is 6.62. The van der Waals surface area contributed by atoms with Gasteiger partial charge in [0.05, 0.1) is 11.1 Å². The van der Waals surface area contributed by atoms with Crippen molar-refractivity contribution in [2.75, 3.05) is 5.32 Å². The van der Waals surface area contributed by atoms with Crippen LogP contribution < -0.4 is 15.8 Å². The molecule has 1 amide bonds. The van der Waals surface area contributed by atoms with E-state index in [1.165, 1.54) is 12.1 Å². The Balaban J connectivity index is 1.61. The second-order valence-electron chi connectivity index (χ2n) is 8.30. The van der Waals surface area contributed by atoms with Crippen LogP contribution in [0.2, 0.25) is 5.02 Å². The number of pyridine rings is 1. The smallest absolute Gasteiger partial charge is 0.335 e. The van der Waals surface area contributed by atoms with Gasteiger partial charge in [0.25, 0.3) is 0 Å². The Morgan fingerprint density at radius 3 is 2.45 bits per heavy atom. The van der Waals surface area contributed by atoms with Crippen LogP contribution >= 0.6 is 11.6 Å². The maximum Gasteiger partial charge on any atom is 0.335 e. The van der Waals surface area contributed by atoms with Crippen molar-refractivity contribution in [2.45, 2.75) is 31.7 Å². The number of nitrogens with two attached hydrogens (primary N) is 1. The standard InChI is InChI=1S/C25H24ClN3O4/c26-19-7-3-17(13-27)21(12-19)18-6-10-23(29(33)14-18)22(11-15-1-2-15)24(30)28-20-8-4-16(5-9-20)25(31)32/h3-10,12,14-15,22H,1-2,11,13,27H2,(H2-,28,30,31,32,33)/p+1. The number of hydrogen-bond acceptors (Lipinski definition) is 4. The highest BCUT2D eigenvalue weighted by atomic mass is 35.5. The van der Waals surface area contributed by atoms with E-state index >= 15 is 0 Å². The molecule has 4 rings (SSSR count). The van der Waals surface area contributed by atoms with Crippen LogP contribution in [0.1, 0.15) is 46.8 Å². The van der Waals surface area contributed by atoms with Gasteiger partial charge < -0.3 is 16.2 Å². The number of anilines is 1. The number of benzene rings is 2. The molecule has 170 valence electrons. The first kappa shape index (κ1) is 22.8. The summed E-state index contributed by atoms with van der Waals surface area (Å²) in [6.45, 7) is 0.326. The molecule has 3 aromatic rings. The second kappa shape index (κ2) is 9.60. The van der Waals surface area contributed by atoms with Crippen LogP contribution in [0.5, 0.6) is 0 Å². The molecule has 5 N–H and O–H groups in total. The fourth-order valence-electron chi connectivity index (χ4n) is 3.91. The Labute approximate surface area is 196 Å². The molecule has 1 aliphatic rings. The van der Waals surface area contributed by atoms with Crippen molar-refractivity contribution in [3.8, 4) is 11.1 Å². The molecule has 1 atom stereocenters. The molecular weight excluding hydrogens is 442 g/mol. The van der Waals surface area contributed by atoms with Gasteiger partial charge in [-0.05, 0) is 65.9 Å². The number of carbonyl (C=O) groups is 2. The van der Waals surface area contributed by atoms with E-state index in [4.69, 9.17) is 22.4 Å². The molecule has 0 saturated heterocycles. The lowest BCUT2D eigenvalue weighted by Crippen LogP contribution is -2.39. The minimum absolute atomic E-state index is 0.143. The van der Waals surface area contributed by atoms with E-state index in [1.54, 1.807) is 36.5 Å². The summed E-state index contributed by atoms with van der Waals surface area (Å²) < 4.78 is 0.997. The van der Waals surface area contributed by atoms with Gasteiger partial charge in [-0.3, -0.25) is 10.0 Å². The number of halogens is 1. The van der Waals surface area contributed by atoms with Gasteiger partial charge >= 0.3 is 5.97 Å². The fourth-order valence-corrected chi connectivity index (χ4v) is 4.08. The minimum Gasteiger partial charge on any atom is -0.478 e. The molecular formula is C25H25ClN3O4+. The first-order chi connectivity index (χ1) is 15.9. The number of aromatic nitrogens is 1. The summed E-state index contributed by atoms with van der Waals surface area (Å²) in [6.07, 6.45) is 4.30. The number of aromatic carboxylic acids is 1. The summed E-state index contributed by atoms with van der Waals surface area (Å²) in [4.78, 5) is 24.2. The van der Waals surface area contributed by atoms with Gasteiger partial charge in [0.1, 0.15) is 5.92 Å². The Morgan fingerprint density at radius 1 is 1.12 bits per heavy atom. The summed E-state index contributed by atoms with van der Waals surface area (Å²) in [5.74, 6) is -1.42. The van der Waals surface area contributed by atoms with Crippen molar-refractivity contribution in [3.63, 3.8) is 0 Å². The summed E-state index contributed by atoms with van der Waals surface area (Å²) >= 11 is 6.16. The molecule has 0 bridgehead atoms. The molecule has 1 unspecified atom stereocenters. The van der Waals surface area contributed by atoms with Crippen LogP contribution in [0.25, 0.3) is 11.1 Å². The third kappa shape index (κ3) is 5.32. The second-order valence-corrected chi connectivity index (χ2v) is 8.73. The summed E-state index contributed by atoms with van der Waals surface area (Å²) in [7, 11) is 0. The molecule has 33 heavy (non-hydrogen) atoms. The minimum atomic E-state index is -1.03. The fraction of sp³-hybridized carbons (Fsp3) is 0.240. The van der Waals surface area contributed by atoms with Gasteiger partial charge in [-0.1, -0.05) is 30.5 Å². The van der Waals surface area contributed by atoms with E-state index in [2.05, 4.69) is 5.32 Å². The third-order valence-electron chi connectivity index (χ3n) is 5.90. The van der Waals surface area contributed by atoms with Crippen molar-refractivity contribution in [2.24, 2.45) is 11.7 Å². The first-order valence-corrected chi connectivity index (χ1v) is 11.1. The Bertz CT molecular complexity index is 1190. The van der Waals surface area contributed by atoms with Gasteiger partial charge in [0.2, 0.25) is 17.8 Å². The summed E-state index contributed by atoms with van der Waals surface area (Å²) in [6, 6.07) is 15.0. The van der Waals surface area contributed by atoms with Crippen molar-refractivity contribution in [1.82, 2.24) is 0 Å². The molecule has 1 aromatic heterocycles. The van der Waals surface area contributed by atoms with Gasteiger partial charge in [-0.25, -0.2) is 4.79 Å². The topological polar surface area (TPSA) is 117 Å². The van der Waals surface area contributed by atoms with Crippen LogP contribution in [0, 0.1) is 5.92 Å². The van der Waals surface area contributed by atoms with E-state index in [0.717, 1.165) is 34.3 Å². The highest BCUT2D eigenvalue weighted by Gasteiger charge is 2.36. The number of nitrogens with one attached hydrogen (secondary N) is 1. The normalized spacial score (nSPS) is 14.0. The highest BCUT2D eigenvalue weighted by Crippen LogP contribution is 2.39. The quantitative estimate of drug-likeness (QED) is 0.293. The SMILES string of the molecule is NCc1ccc(Cl)cc1-c1ccc(C(CC2CC2)C(=O)Nc2ccc(C(=O)O)cc2)[n+](O)c1. The molecule has 0 spiro atoms. The van der Waals surface area contributed by atoms with E-state index in [0.29, 0.717) is 35.3 Å². The van der Waals surface area contributed by atoms with E-state index in [-0.39, 0.29) is 11.5 Å². The monoisotopic (exact) mass is 466 g/mol. The van der Waals surface area contributed by atoms with Crippen LogP contribution in [0.4, 0.5) is 5.69 Å². The average Bonchev–Trinajstić information content (AvgIpc) is 3.62. The number of nitrogens with zero attached hydrogens (tertiary/aromatic N) is 1. The van der Waals surface area contributed by atoms with Gasteiger partial charge in [0, 0.05) is 28.1 Å². The Morgan fingerprint density at radius 2 is 1.85 bits per heavy atom. The number of rotatable bonds is 8. The zero-order chi connectivity index (χ0) is 23.5. The zero-order valence-electron chi connectivity index (χ0n) is 17.9. The van der Waals surface area contributed by atoms with E-state index in [9.17, 15) is 14.8 Å². The number of carboxylic acid groups (broad SMARTS) is 1. The molecule has 2 aromatic carbocycles. The molecule has 0 radical (unpaired) electrons. The van der Waals surface area contributed by atoms with E-state index < -0.39 is 11.9 Å². The predicted molar refractivity (Wildman–Crippen MR) is 124 cm³/mol. The number of amides is 1. The van der Waals surface area contributed by atoms with Crippen LogP contribution in [-0.2, 0) is 11.3 Å². The zero-order valence-corrected chi connectivity index (χ0v) is 18.6. The van der Waals surface area contributed by atoms with Crippen molar-refractivity contribution in [3.05, 3.63) is 82.6 Å². The van der Waals surface area contributed by atoms with Gasteiger partial charge in [0.15, 0.2) is 0 Å². The molecule has 8 heteroatoms. The van der Waals surface area contributed by atoms with Gasteiger partial charge in [-0.15, -0.1) is 0 Å². The maximum absolute atomic E-state index is 13.2. The number of carbonyl (C=O) groups excluding carboxylic acids is 1. The van der Waals surface area contributed by atoms with Crippen molar-refractivity contribution >= 4 is 29.2 Å².